The maximum absolute atomic E-state index is 5.81. The third kappa shape index (κ3) is 4.07. The molecule has 0 aliphatic carbocycles. The third-order valence-corrected chi connectivity index (χ3v) is 4.78. The van der Waals surface area contributed by atoms with Crippen molar-refractivity contribution in [2.24, 2.45) is 11.7 Å². The molecule has 1 saturated heterocycles. The summed E-state index contributed by atoms with van der Waals surface area (Å²) in [5, 5.41) is 0. The van der Waals surface area contributed by atoms with Gasteiger partial charge in [-0.15, -0.1) is 0 Å². The number of hydrogen-bond donors (Lipinski definition) is 1. The summed E-state index contributed by atoms with van der Waals surface area (Å²) in [4.78, 5) is 2.68. The molecule has 1 aromatic carbocycles. The molecule has 2 nitrogen and oxygen atoms in total. The summed E-state index contributed by atoms with van der Waals surface area (Å²) in [6, 6.07) is 7.63. The Bertz CT molecular complexity index is 427. The molecule has 0 radical (unpaired) electrons. The van der Waals surface area contributed by atoms with Crippen LogP contribution in [0.3, 0.4) is 0 Å². The van der Waals surface area contributed by atoms with Crippen LogP contribution < -0.4 is 5.73 Å². The van der Waals surface area contributed by atoms with E-state index in [4.69, 9.17) is 5.73 Å². The zero-order chi connectivity index (χ0) is 14.5. The number of piperidine rings is 1. The molecule has 0 saturated carbocycles. The summed E-state index contributed by atoms with van der Waals surface area (Å²) < 4.78 is 0. The average molecular weight is 274 g/mol. The van der Waals surface area contributed by atoms with Gasteiger partial charge >= 0.3 is 0 Å². The zero-order valence-corrected chi connectivity index (χ0v) is 13.4. The van der Waals surface area contributed by atoms with E-state index in [2.05, 4.69) is 43.9 Å². The van der Waals surface area contributed by atoms with Crippen molar-refractivity contribution in [2.75, 3.05) is 13.1 Å². The molecule has 1 fully saturated rings. The minimum absolute atomic E-state index is 0.639. The van der Waals surface area contributed by atoms with Crippen LogP contribution in [0.5, 0.6) is 0 Å². The monoisotopic (exact) mass is 274 g/mol. The lowest BCUT2D eigenvalue weighted by molar-refractivity contribution is 0.120. The van der Waals surface area contributed by atoms with Gasteiger partial charge in [0, 0.05) is 12.6 Å². The molecular formula is C18H30N2. The number of benzene rings is 1. The highest BCUT2D eigenvalue weighted by atomic mass is 15.2. The van der Waals surface area contributed by atoms with E-state index in [1.165, 1.54) is 48.9 Å². The minimum Gasteiger partial charge on any atom is -0.330 e. The van der Waals surface area contributed by atoms with Crippen molar-refractivity contribution in [1.82, 2.24) is 4.90 Å². The summed E-state index contributed by atoms with van der Waals surface area (Å²) in [5.74, 6) is 0.639. The first-order valence-electron chi connectivity index (χ1n) is 8.10. The SMILES string of the molecule is Cc1ccc(CN2CCCCC2CC(C)CN)cc1C. The molecule has 0 spiro atoms. The van der Waals surface area contributed by atoms with Gasteiger partial charge < -0.3 is 5.73 Å². The molecule has 1 aromatic rings. The second-order valence-corrected chi connectivity index (χ2v) is 6.62. The van der Waals surface area contributed by atoms with Gasteiger partial charge in [-0.25, -0.2) is 0 Å². The summed E-state index contributed by atoms with van der Waals surface area (Å²) in [6.07, 6.45) is 5.32. The maximum Gasteiger partial charge on any atom is 0.0236 e. The Labute approximate surface area is 124 Å². The van der Waals surface area contributed by atoms with Gasteiger partial charge in [0.2, 0.25) is 0 Å². The molecule has 2 N–H and O–H groups in total. The normalized spacial score (nSPS) is 21.9. The van der Waals surface area contributed by atoms with Gasteiger partial charge in [0.15, 0.2) is 0 Å². The van der Waals surface area contributed by atoms with Gasteiger partial charge in [0.1, 0.15) is 0 Å². The van der Waals surface area contributed by atoms with Crippen LogP contribution in [0.4, 0.5) is 0 Å². The van der Waals surface area contributed by atoms with Crippen molar-refractivity contribution in [2.45, 2.75) is 59.0 Å². The fourth-order valence-corrected chi connectivity index (χ4v) is 3.23. The summed E-state index contributed by atoms with van der Waals surface area (Å²) in [7, 11) is 0. The quantitative estimate of drug-likeness (QED) is 0.888. The molecule has 0 aromatic heterocycles. The van der Waals surface area contributed by atoms with Crippen LogP contribution in [0.2, 0.25) is 0 Å². The molecule has 1 aliphatic heterocycles. The Morgan fingerprint density at radius 3 is 2.75 bits per heavy atom. The smallest absolute Gasteiger partial charge is 0.0236 e. The lowest BCUT2D eigenvalue weighted by Crippen LogP contribution is -2.40. The van der Waals surface area contributed by atoms with E-state index in [1.54, 1.807) is 0 Å². The molecule has 2 unspecified atom stereocenters. The molecule has 1 heterocycles. The highest BCUT2D eigenvalue weighted by molar-refractivity contribution is 5.29. The Balaban J connectivity index is 2.02. The van der Waals surface area contributed by atoms with Crippen molar-refractivity contribution in [3.05, 3.63) is 34.9 Å². The molecule has 20 heavy (non-hydrogen) atoms. The predicted octanol–water partition coefficient (Wildman–Crippen LogP) is 3.64. The second-order valence-electron chi connectivity index (χ2n) is 6.62. The van der Waals surface area contributed by atoms with Crippen molar-refractivity contribution < 1.29 is 0 Å². The molecule has 2 rings (SSSR count). The van der Waals surface area contributed by atoms with Crippen LogP contribution in [-0.4, -0.2) is 24.0 Å². The van der Waals surface area contributed by atoms with Crippen LogP contribution in [-0.2, 0) is 6.54 Å². The topological polar surface area (TPSA) is 29.3 Å². The fraction of sp³-hybridized carbons (Fsp3) is 0.667. The Kier molecular flexibility index (Phi) is 5.62. The van der Waals surface area contributed by atoms with E-state index in [0.29, 0.717) is 5.92 Å². The number of aryl methyl sites for hydroxylation is 2. The van der Waals surface area contributed by atoms with Gasteiger partial charge in [-0.05, 0) is 68.8 Å². The maximum atomic E-state index is 5.81. The predicted molar refractivity (Wildman–Crippen MR) is 86.8 cm³/mol. The minimum atomic E-state index is 0.639. The summed E-state index contributed by atoms with van der Waals surface area (Å²) >= 11 is 0. The first-order chi connectivity index (χ1) is 9.60. The zero-order valence-electron chi connectivity index (χ0n) is 13.4. The standard InChI is InChI=1S/C18H30N2/c1-14(12-19)10-18-6-4-5-9-20(18)13-17-8-7-15(2)16(3)11-17/h7-8,11,14,18H,4-6,9-10,12-13,19H2,1-3H3. The molecule has 0 bridgehead atoms. The van der Waals surface area contributed by atoms with Crippen LogP contribution in [0.15, 0.2) is 18.2 Å². The largest absolute Gasteiger partial charge is 0.330 e. The lowest BCUT2D eigenvalue weighted by atomic mass is 9.92. The Morgan fingerprint density at radius 2 is 2.05 bits per heavy atom. The molecule has 112 valence electrons. The summed E-state index contributed by atoms with van der Waals surface area (Å²) in [6.45, 7) is 9.84. The van der Waals surface area contributed by atoms with Gasteiger partial charge in [0.05, 0.1) is 0 Å². The second kappa shape index (κ2) is 7.24. The van der Waals surface area contributed by atoms with Crippen LogP contribution in [0.25, 0.3) is 0 Å². The first kappa shape index (κ1) is 15.5. The number of hydrogen-bond acceptors (Lipinski definition) is 2. The number of nitrogens with two attached hydrogens (primary N) is 1. The van der Waals surface area contributed by atoms with Crippen molar-refractivity contribution in [3.8, 4) is 0 Å². The Hall–Kier alpha value is -0.860. The van der Waals surface area contributed by atoms with Gasteiger partial charge in [-0.1, -0.05) is 31.5 Å². The van der Waals surface area contributed by atoms with Gasteiger partial charge in [0.25, 0.3) is 0 Å². The number of nitrogens with zero attached hydrogens (tertiary/aromatic N) is 1. The van der Waals surface area contributed by atoms with E-state index in [0.717, 1.165) is 19.1 Å². The van der Waals surface area contributed by atoms with E-state index < -0.39 is 0 Å². The van der Waals surface area contributed by atoms with Crippen molar-refractivity contribution >= 4 is 0 Å². The number of likely N-dealkylation sites (tertiary alicyclic amines) is 1. The van der Waals surface area contributed by atoms with Gasteiger partial charge in [-0.2, -0.15) is 0 Å². The third-order valence-electron chi connectivity index (χ3n) is 4.78. The van der Waals surface area contributed by atoms with Crippen molar-refractivity contribution in [3.63, 3.8) is 0 Å². The van der Waals surface area contributed by atoms with E-state index in [-0.39, 0.29) is 0 Å². The number of rotatable bonds is 5. The average Bonchev–Trinajstić information content (AvgIpc) is 2.45. The highest BCUT2D eigenvalue weighted by Crippen LogP contribution is 2.25. The van der Waals surface area contributed by atoms with Crippen molar-refractivity contribution in [1.29, 1.82) is 0 Å². The lowest BCUT2D eigenvalue weighted by Gasteiger charge is -2.37. The van der Waals surface area contributed by atoms with E-state index >= 15 is 0 Å². The first-order valence-corrected chi connectivity index (χ1v) is 8.10. The Morgan fingerprint density at radius 1 is 1.25 bits per heavy atom. The highest BCUT2D eigenvalue weighted by Gasteiger charge is 2.23. The fourth-order valence-electron chi connectivity index (χ4n) is 3.23. The van der Waals surface area contributed by atoms with Gasteiger partial charge in [-0.3, -0.25) is 4.90 Å². The van der Waals surface area contributed by atoms with Crippen LogP contribution in [0.1, 0.15) is 49.3 Å². The molecule has 2 heteroatoms. The summed E-state index contributed by atoms with van der Waals surface area (Å²) in [5.41, 5.74) is 10.1. The van der Waals surface area contributed by atoms with Crippen LogP contribution in [0, 0.1) is 19.8 Å². The van der Waals surface area contributed by atoms with E-state index in [1.807, 2.05) is 0 Å². The molecule has 1 aliphatic rings. The van der Waals surface area contributed by atoms with Crippen LogP contribution >= 0.6 is 0 Å². The van der Waals surface area contributed by atoms with E-state index in [9.17, 15) is 0 Å². The molecule has 2 atom stereocenters. The molecular weight excluding hydrogens is 244 g/mol. The molecule has 0 amide bonds.